The highest BCUT2D eigenvalue weighted by molar-refractivity contribution is 5.79. The Morgan fingerprint density at radius 3 is 2.28 bits per heavy atom. The molecule has 4 rings (SSSR count). The van der Waals surface area contributed by atoms with Gasteiger partial charge in [0.05, 0.1) is 25.3 Å². The second-order valence-electron chi connectivity index (χ2n) is 8.90. The van der Waals surface area contributed by atoms with Gasteiger partial charge in [0.15, 0.2) is 11.5 Å². The Hall–Kier alpha value is -3.81. The molecule has 36 heavy (non-hydrogen) atoms. The van der Waals surface area contributed by atoms with Crippen molar-refractivity contribution in [2.45, 2.75) is 34.1 Å². The first-order chi connectivity index (χ1) is 17.4. The molecule has 3 aromatic rings. The maximum absolute atomic E-state index is 13.0. The number of amides is 1. The lowest BCUT2D eigenvalue weighted by molar-refractivity contribution is -0.130. The summed E-state index contributed by atoms with van der Waals surface area (Å²) in [4.78, 5) is 29.5. The van der Waals surface area contributed by atoms with E-state index in [0.717, 1.165) is 22.6 Å². The average Bonchev–Trinajstić information content (AvgIpc) is 2.88. The molecule has 0 unspecified atom stereocenters. The van der Waals surface area contributed by atoms with Crippen molar-refractivity contribution in [2.24, 2.45) is 0 Å². The van der Waals surface area contributed by atoms with Crippen LogP contribution in [0.4, 0.5) is 5.82 Å². The summed E-state index contributed by atoms with van der Waals surface area (Å²) in [5, 5.41) is 4.63. The predicted octanol–water partition coefficient (Wildman–Crippen LogP) is 3.54. The fourth-order valence-corrected chi connectivity index (χ4v) is 4.29. The molecule has 8 heteroatoms. The normalized spacial score (nSPS) is 13.6. The van der Waals surface area contributed by atoms with Crippen LogP contribution in [0.5, 0.6) is 11.5 Å². The van der Waals surface area contributed by atoms with E-state index in [4.69, 9.17) is 9.47 Å². The number of aryl methyl sites for hydroxylation is 2. The smallest absolute Gasteiger partial charge is 0.271 e. The highest BCUT2D eigenvalue weighted by Crippen LogP contribution is 2.29. The molecule has 2 heterocycles. The Morgan fingerprint density at radius 2 is 1.58 bits per heavy atom. The van der Waals surface area contributed by atoms with E-state index < -0.39 is 0 Å². The molecule has 0 spiro atoms. The first kappa shape index (κ1) is 25.3. The van der Waals surface area contributed by atoms with Gasteiger partial charge in [-0.2, -0.15) is 4.68 Å². The number of nitrogens with zero attached hydrogens (tertiary/aromatic N) is 4. The van der Waals surface area contributed by atoms with E-state index in [1.54, 1.807) is 12.1 Å². The van der Waals surface area contributed by atoms with E-state index in [0.29, 0.717) is 57.3 Å². The lowest BCUT2D eigenvalue weighted by Gasteiger charge is -2.35. The van der Waals surface area contributed by atoms with Crippen molar-refractivity contribution < 1.29 is 14.3 Å². The molecule has 1 aromatic heterocycles. The second kappa shape index (κ2) is 11.3. The molecule has 1 fully saturated rings. The lowest BCUT2D eigenvalue weighted by Crippen LogP contribution is -2.49. The van der Waals surface area contributed by atoms with Crippen molar-refractivity contribution in [1.29, 1.82) is 0 Å². The van der Waals surface area contributed by atoms with Crippen LogP contribution in [0.1, 0.15) is 30.5 Å². The zero-order chi connectivity index (χ0) is 25.7. The van der Waals surface area contributed by atoms with E-state index in [1.807, 2.05) is 69.0 Å². The summed E-state index contributed by atoms with van der Waals surface area (Å²) in [5.74, 6) is 2.17. The largest absolute Gasteiger partial charge is 0.490 e. The van der Waals surface area contributed by atoms with Crippen LogP contribution in [0.3, 0.4) is 0 Å². The number of carbonyl (C=O) groups is 1. The summed E-state index contributed by atoms with van der Waals surface area (Å²) in [6, 6.07) is 14.9. The molecule has 0 saturated carbocycles. The van der Waals surface area contributed by atoms with E-state index in [1.165, 1.54) is 10.2 Å². The minimum Gasteiger partial charge on any atom is -0.490 e. The molecular formula is C28H34N4O4. The first-order valence-electron chi connectivity index (χ1n) is 12.5. The van der Waals surface area contributed by atoms with Gasteiger partial charge in [0.25, 0.3) is 5.56 Å². The Bertz CT molecular complexity index is 1280. The van der Waals surface area contributed by atoms with Crippen molar-refractivity contribution in [1.82, 2.24) is 14.7 Å². The highest BCUT2D eigenvalue weighted by Gasteiger charge is 2.23. The molecule has 1 aliphatic heterocycles. The molecule has 2 aromatic carbocycles. The third-order valence-electron chi connectivity index (χ3n) is 6.44. The van der Waals surface area contributed by atoms with Crippen LogP contribution in [0.15, 0.2) is 53.3 Å². The van der Waals surface area contributed by atoms with Crippen molar-refractivity contribution >= 4 is 11.7 Å². The van der Waals surface area contributed by atoms with Crippen molar-refractivity contribution in [2.75, 3.05) is 44.3 Å². The van der Waals surface area contributed by atoms with Crippen LogP contribution in [0.2, 0.25) is 0 Å². The van der Waals surface area contributed by atoms with Gasteiger partial charge in [-0.15, -0.1) is 5.10 Å². The fourth-order valence-electron chi connectivity index (χ4n) is 4.29. The number of ether oxygens (including phenoxy) is 2. The van der Waals surface area contributed by atoms with Gasteiger partial charge in [-0.05, 0) is 74.7 Å². The molecule has 0 aliphatic carbocycles. The van der Waals surface area contributed by atoms with Gasteiger partial charge in [0.1, 0.15) is 5.82 Å². The summed E-state index contributed by atoms with van der Waals surface area (Å²) in [6.07, 6.45) is 0.308. The van der Waals surface area contributed by atoms with Crippen LogP contribution in [-0.4, -0.2) is 60.0 Å². The maximum Gasteiger partial charge on any atom is 0.271 e. The van der Waals surface area contributed by atoms with Crippen molar-refractivity contribution in [3.63, 3.8) is 0 Å². The van der Waals surface area contributed by atoms with E-state index in [-0.39, 0.29) is 11.5 Å². The van der Waals surface area contributed by atoms with Gasteiger partial charge >= 0.3 is 0 Å². The number of aromatic nitrogens is 2. The lowest BCUT2D eigenvalue weighted by atomic mass is 10.1. The quantitative estimate of drug-likeness (QED) is 0.481. The highest BCUT2D eigenvalue weighted by atomic mass is 16.5. The topological polar surface area (TPSA) is 76.9 Å². The molecule has 0 atom stereocenters. The molecule has 8 nitrogen and oxygen atoms in total. The summed E-state index contributed by atoms with van der Waals surface area (Å²) in [6.45, 7) is 11.5. The van der Waals surface area contributed by atoms with Gasteiger partial charge in [-0.1, -0.05) is 12.1 Å². The molecule has 0 radical (unpaired) electrons. The molecule has 0 bridgehead atoms. The van der Waals surface area contributed by atoms with E-state index >= 15 is 0 Å². The Balaban J connectivity index is 1.41. The zero-order valence-electron chi connectivity index (χ0n) is 21.5. The van der Waals surface area contributed by atoms with Crippen molar-refractivity contribution in [3.05, 3.63) is 75.6 Å². The van der Waals surface area contributed by atoms with Gasteiger partial charge in [0, 0.05) is 32.2 Å². The number of carbonyl (C=O) groups excluding carboxylic acids is 1. The van der Waals surface area contributed by atoms with Crippen LogP contribution in [0.25, 0.3) is 5.69 Å². The number of benzene rings is 2. The van der Waals surface area contributed by atoms with Gasteiger partial charge in [0.2, 0.25) is 5.91 Å². The molecule has 1 amide bonds. The third-order valence-corrected chi connectivity index (χ3v) is 6.44. The van der Waals surface area contributed by atoms with E-state index in [2.05, 4.69) is 10.00 Å². The number of hydrogen-bond donors (Lipinski definition) is 0. The average molecular weight is 491 g/mol. The minimum atomic E-state index is -0.169. The first-order valence-corrected chi connectivity index (χ1v) is 12.5. The van der Waals surface area contributed by atoms with Crippen LogP contribution in [-0.2, 0) is 11.2 Å². The van der Waals surface area contributed by atoms with Crippen molar-refractivity contribution in [3.8, 4) is 17.2 Å². The number of hydrogen-bond acceptors (Lipinski definition) is 6. The zero-order valence-corrected chi connectivity index (χ0v) is 21.5. The van der Waals surface area contributed by atoms with Gasteiger partial charge in [-0.3, -0.25) is 9.59 Å². The third kappa shape index (κ3) is 5.70. The molecule has 1 aliphatic rings. The standard InChI is InChI=1S/C28H34N4O4/c1-5-35-24-10-8-22(18-25(24)36-6-2)19-28(34)31-15-13-30(14-16-31)26-11-12-27(33)32(29-26)23-9-7-20(3)21(4)17-23/h7-12,17-18H,5-6,13-16,19H2,1-4H3. The summed E-state index contributed by atoms with van der Waals surface area (Å²) >= 11 is 0. The van der Waals surface area contributed by atoms with Crippen LogP contribution < -0.4 is 19.9 Å². The number of anilines is 1. The van der Waals surface area contributed by atoms with Crippen LogP contribution in [0, 0.1) is 13.8 Å². The summed E-state index contributed by atoms with van der Waals surface area (Å²) in [7, 11) is 0. The summed E-state index contributed by atoms with van der Waals surface area (Å²) < 4.78 is 12.8. The molecular weight excluding hydrogens is 456 g/mol. The van der Waals surface area contributed by atoms with Crippen LogP contribution >= 0.6 is 0 Å². The second-order valence-corrected chi connectivity index (χ2v) is 8.90. The van der Waals surface area contributed by atoms with E-state index in [9.17, 15) is 9.59 Å². The summed E-state index contributed by atoms with van der Waals surface area (Å²) in [5.41, 5.74) is 3.76. The number of piperazine rings is 1. The molecule has 190 valence electrons. The SMILES string of the molecule is CCOc1ccc(CC(=O)N2CCN(c3ccc(=O)n(-c4ccc(C)c(C)c4)n3)CC2)cc1OCC. The van der Waals surface area contributed by atoms with Gasteiger partial charge in [-0.25, -0.2) is 0 Å². The monoisotopic (exact) mass is 490 g/mol. The minimum absolute atomic E-state index is 0.0781. The maximum atomic E-state index is 13.0. The Morgan fingerprint density at radius 1 is 0.861 bits per heavy atom. The Kier molecular flexibility index (Phi) is 7.93. The molecule has 1 saturated heterocycles. The number of rotatable bonds is 8. The molecule has 0 N–H and O–H groups in total. The predicted molar refractivity (Wildman–Crippen MR) is 141 cm³/mol. The fraction of sp³-hybridized carbons (Fsp3) is 0.393. The Labute approximate surface area is 212 Å². The van der Waals surface area contributed by atoms with Gasteiger partial charge < -0.3 is 19.3 Å².